The van der Waals surface area contributed by atoms with Gasteiger partial charge in [-0.1, -0.05) is 18.2 Å². The molecule has 0 aliphatic carbocycles. The van der Waals surface area contributed by atoms with Crippen LogP contribution in [0.15, 0.2) is 47.4 Å². The number of aromatic nitrogens is 2. The van der Waals surface area contributed by atoms with E-state index in [1.54, 1.807) is 37.3 Å². The quantitative estimate of drug-likeness (QED) is 0.539. The van der Waals surface area contributed by atoms with Crippen molar-refractivity contribution in [2.24, 2.45) is 0 Å². The second-order valence-electron chi connectivity index (χ2n) is 6.64. The first kappa shape index (κ1) is 22.4. The summed E-state index contributed by atoms with van der Waals surface area (Å²) in [6.07, 6.45) is -3.26. The number of carbonyl (C=O) groups excluding carboxylic acids is 2. The van der Waals surface area contributed by atoms with Gasteiger partial charge in [-0.05, 0) is 25.1 Å². The first-order valence-electron chi connectivity index (χ1n) is 9.58. The summed E-state index contributed by atoms with van der Waals surface area (Å²) in [4.78, 5) is 39.8. The fourth-order valence-electron chi connectivity index (χ4n) is 3.06. The third kappa shape index (κ3) is 5.45. The Morgan fingerprint density at radius 1 is 1.23 bits per heavy atom. The van der Waals surface area contributed by atoms with Gasteiger partial charge in [-0.25, -0.2) is 14.4 Å². The Hall–Kier alpha value is -3.28. The molecule has 0 unspecified atom stereocenters. The van der Waals surface area contributed by atoms with Crippen molar-refractivity contribution in [3.05, 3.63) is 58.6 Å². The molecule has 0 bridgehead atoms. The van der Waals surface area contributed by atoms with Crippen LogP contribution in [0.3, 0.4) is 0 Å². The minimum Gasteiger partial charge on any atom is -0.464 e. The lowest BCUT2D eigenvalue weighted by molar-refractivity contribution is -0.155. The molecule has 1 aliphatic heterocycles. The number of anilines is 1. The summed E-state index contributed by atoms with van der Waals surface area (Å²) in [7, 11) is 0. The molecule has 2 aromatic rings. The first-order valence-corrected chi connectivity index (χ1v) is 9.58. The highest BCUT2D eigenvalue weighted by molar-refractivity contribution is 5.89. The molecule has 0 amide bonds. The molecule has 166 valence electrons. The van der Waals surface area contributed by atoms with Crippen LogP contribution < -0.4 is 11.4 Å². The van der Waals surface area contributed by atoms with Crippen molar-refractivity contribution in [3.8, 4) is 0 Å². The van der Waals surface area contributed by atoms with Crippen LogP contribution in [0.2, 0.25) is 0 Å². The number of esters is 2. The maximum absolute atomic E-state index is 12.3. The fraction of sp³-hybridized carbons (Fsp3) is 0.400. The van der Waals surface area contributed by atoms with Crippen molar-refractivity contribution < 1.29 is 33.6 Å². The molecule has 1 saturated heterocycles. The number of hydrogen-bond donors (Lipinski definition) is 2. The number of nitrogen functional groups attached to an aromatic ring is 1. The monoisotopic (exact) mass is 433 g/mol. The largest absolute Gasteiger partial charge is 0.464 e. The van der Waals surface area contributed by atoms with Crippen LogP contribution in [0, 0.1) is 0 Å². The highest BCUT2D eigenvalue weighted by Gasteiger charge is 2.47. The molecule has 11 heteroatoms. The highest BCUT2D eigenvalue weighted by Crippen LogP contribution is 2.31. The van der Waals surface area contributed by atoms with Crippen molar-refractivity contribution in [2.45, 2.75) is 31.5 Å². The Balaban J connectivity index is 1.75. The molecule has 1 aromatic carbocycles. The molecule has 1 fully saturated rings. The smallest absolute Gasteiger partial charge is 0.351 e. The maximum Gasteiger partial charge on any atom is 0.351 e. The van der Waals surface area contributed by atoms with E-state index in [4.69, 9.17) is 24.7 Å². The lowest BCUT2D eigenvalue weighted by atomic mass is 10.1. The third-order valence-corrected chi connectivity index (χ3v) is 4.53. The average Bonchev–Trinajstić information content (AvgIpc) is 3.06. The predicted octanol–water partition coefficient (Wildman–Crippen LogP) is -0.111. The molecule has 3 rings (SSSR count). The molecule has 1 aliphatic rings. The normalized spacial score (nSPS) is 22.8. The lowest BCUT2D eigenvalue weighted by Crippen LogP contribution is -2.39. The zero-order valence-electron chi connectivity index (χ0n) is 16.7. The number of aliphatic hydroxyl groups is 1. The molecule has 11 nitrogen and oxygen atoms in total. The molecule has 2 heterocycles. The summed E-state index contributed by atoms with van der Waals surface area (Å²) < 4.78 is 22.4. The standard InChI is InChI=1S/C20H23N3O8/c1-2-28-15(24)11-29-17-16(25)13(10-30-19(26)12-6-4-3-5-7-12)31-18(17)23-9-8-14(21)22-20(23)27/h3-9,13,16-18,25H,2,10-11H2,1H3,(H2,21,22,27)/t13-,16-,17-,18-/m1/s1. The molecule has 0 saturated carbocycles. The van der Waals surface area contributed by atoms with Crippen LogP contribution in [-0.2, 0) is 23.7 Å². The van der Waals surface area contributed by atoms with Gasteiger partial charge in [0.1, 0.15) is 37.3 Å². The highest BCUT2D eigenvalue weighted by atomic mass is 16.6. The van der Waals surface area contributed by atoms with Crippen molar-refractivity contribution in [3.63, 3.8) is 0 Å². The van der Waals surface area contributed by atoms with Gasteiger partial charge in [-0.2, -0.15) is 4.98 Å². The van der Waals surface area contributed by atoms with Crippen LogP contribution in [-0.4, -0.2) is 64.7 Å². The van der Waals surface area contributed by atoms with E-state index in [2.05, 4.69) is 4.98 Å². The Bertz CT molecular complexity index is 964. The van der Waals surface area contributed by atoms with Gasteiger partial charge >= 0.3 is 17.6 Å². The Labute approximate surface area is 177 Å². The van der Waals surface area contributed by atoms with Gasteiger partial charge in [0, 0.05) is 6.20 Å². The fourth-order valence-corrected chi connectivity index (χ4v) is 3.06. The summed E-state index contributed by atoms with van der Waals surface area (Å²) in [5, 5.41) is 10.7. The molecule has 1 aromatic heterocycles. The first-order chi connectivity index (χ1) is 14.9. The van der Waals surface area contributed by atoms with Gasteiger partial charge < -0.3 is 29.8 Å². The SMILES string of the molecule is CCOC(=O)CO[C@@H]1[C@H](O)[C@@H](COC(=O)c2ccccc2)O[C@H]1n1ccc(N)nc1=O. The van der Waals surface area contributed by atoms with E-state index < -0.39 is 48.8 Å². The molecule has 3 N–H and O–H groups in total. The van der Waals surface area contributed by atoms with E-state index in [0.717, 1.165) is 4.57 Å². The lowest BCUT2D eigenvalue weighted by Gasteiger charge is -2.21. The second kappa shape index (κ2) is 10.2. The Morgan fingerprint density at radius 3 is 2.65 bits per heavy atom. The van der Waals surface area contributed by atoms with E-state index in [9.17, 15) is 19.5 Å². The van der Waals surface area contributed by atoms with Crippen LogP contribution in [0.5, 0.6) is 0 Å². The van der Waals surface area contributed by atoms with E-state index in [-0.39, 0.29) is 19.0 Å². The van der Waals surface area contributed by atoms with Crippen LogP contribution in [0.4, 0.5) is 5.82 Å². The minimum absolute atomic E-state index is 0.0112. The molecule has 4 atom stereocenters. The van der Waals surface area contributed by atoms with Gasteiger partial charge in [-0.15, -0.1) is 0 Å². The van der Waals surface area contributed by atoms with E-state index >= 15 is 0 Å². The van der Waals surface area contributed by atoms with Gasteiger partial charge in [0.05, 0.1) is 12.2 Å². The predicted molar refractivity (Wildman–Crippen MR) is 106 cm³/mol. The number of benzene rings is 1. The maximum atomic E-state index is 12.3. The van der Waals surface area contributed by atoms with Crippen LogP contribution in [0.25, 0.3) is 0 Å². The van der Waals surface area contributed by atoms with Crippen molar-refractivity contribution >= 4 is 17.8 Å². The summed E-state index contributed by atoms with van der Waals surface area (Å²) >= 11 is 0. The van der Waals surface area contributed by atoms with Crippen molar-refractivity contribution in [2.75, 3.05) is 25.6 Å². The molecular formula is C20H23N3O8. The van der Waals surface area contributed by atoms with Crippen LogP contribution >= 0.6 is 0 Å². The van der Waals surface area contributed by atoms with Gasteiger partial charge in [0.25, 0.3) is 0 Å². The minimum atomic E-state index is -1.31. The summed E-state index contributed by atoms with van der Waals surface area (Å²) in [6.45, 7) is 1.03. The summed E-state index contributed by atoms with van der Waals surface area (Å²) in [6, 6.07) is 9.68. The van der Waals surface area contributed by atoms with E-state index in [1.807, 2.05) is 0 Å². The summed E-state index contributed by atoms with van der Waals surface area (Å²) in [5.74, 6) is -1.23. The van der Waals surface area contributed by atoms with Crippen molar-refractivity contribution in [1.29, 1.82) is 0 Å². The number of hydrogen-bond acceptors (Lipinski definition) is 10. The summed E-state index contributed by atoms with van der Waals surface area (Å²) in [5.41, 5.74) is 5.12. The van der Waals surface area contributed by atoms with E-state index in [0.29, 0.717) is 5.56 Å². The zero-order valence-corrected chi connectivity index (χ0v) is 16.7. The molecular weight excluding hydrogens is 410 g/mol. The second-order valence-corrected chi connectivity index (χ2v) is 6.64. The number of nitrogens with two attached hydrogens (primary N) is 1. The number of ether oxygens (including phenoxy) is 4. The number of nitrogens with zero attached hydrogens (tertiary/aromatic N) is 2. The zero-order chi connectivity index (χ0) is 22.4. The third-order valence-electron chi connectivity index (χ3n) is 4.53. The Morgan fingerprint density at radius 2 is 1.97 bits per heavy atom. The number of aliphatic hydroxyl groups excluding tert-OH is 1. The average molecular weight is 433 g/mol. The topological polar surface area (TPSA) is 152 Å². The molecule has 0 radical (unpaired) electrons. The number of carbonyl (C=O) groups is 2. The Kier molecular flexibility index (Phi) is 7.34. The van der Waals surface area contributed by atoms with Crippen LogP contribution in [0.1, 0.15) is 23.5 Å². The van der Waals surface area contributed by atoms with Gasteiger partial charge in [0.2, 0.25) is 0 Å². The molecule has 31 heavy (non-hydrogen) atoms. The number of rotatable bonds is 8. The van der Waals surface area contributed by atoms with E-state index in [1.165, 1.54) is 12.3 Å². The van der Waals surface area contributed by atoms with Gasteiger partial charge in [-0.3, -0.25) is 4.57 Å². The van der Waals surface area contributed by atoms with Crippen molar-refractivity contribution in [1.82, 2.24) is 9.55 Å². The molecule has 0 spiro atoms. The van der Waals surface area contributed by atoms with Gasteiger partial charge in [0.15, 0.2) is 6.23 Å².